The van der Waals surface area contributed by atoms with Crippen molar-refractivity contribution in [1.29, 1.82) is 0 Å². The van der Waals surface area contributed by atoms with Crippen LogP contribution in [0.1, 0.15) is 23.0 Å². The van der Waals surface area contributed by atoms with Crippen LogP contribution in [-0.2, 0) is 4.74 Å². The fourth-order valence-electron chi connectivity index (χ4n) is 1.23. The van der Waals surface area contributed by atoms with Crippen molar-refractivity contribution < 1.29 is 9.53 Å². The summed E-state index contributed by atoms with van der Waals surface area (Å²) in [6, 6.07) is 0. The van der Waals surface area contributed by atoms with Gasteiger partial charge in [-0.2, -0.15) is 9.78 Å². The number of carbonyl (C=O) groups is 1. The minimum atomic E-state index is -0.465. The number of hydrogen-bond donors (Lipinski definition) is 1. The van der Waals surface area contributed by atoms with Crippen molar-refractivity contribution in [3.05, 3.63) is 11.3 Å². The molecule has 1 heterocycles. The molecule has 0 aliphatic rings. The number of aryl methyl sites for hydroxylation is 1. The summed E-state index contributed by atoms with van der Waals surface area (Å²) in [5.74, 6) is -0.233. The fourth-order valence-corrected chi connectivity index (χ4v) is 1.68. The normalized spacial score (nSPS) is 10.2. The predicted molar refractivity (Wildman–Crippen MR) is 68.8 cm³/mol. The van der Waals surface area contributed by atoms with Gasteiger partial charge in [0.1, 0.15) is 11.4 Å². The van der Waals surface area contributed by atoms with Gasteiger partial charge in [-0.15, -0.1) is 0 Å². The summed E-state index contributed by atoms with van der Waals surface area (Å²) in [4.78, 5) is 11.6. The van der Waals surface area contributed by atoms with Crippen molar-refractivity contribution in [2.75, 3.05) is 18.6 Å². The number of carbonyl (C=O) groups excluding carboxylic acids is 1. The van der Waals surface area contributed by atoms with Crippen molar-refractivity contribution in [3.63, 3.8) is 0 Å². The van der Waals surface area contributed by atoms with E-state index in [1.54, 1.807) is 13.8 Å². The van der Waals surface area contributed by atoms with Crippen LogP contribution >= 0.6 is 24.0 Å². The lowest BCUT2D eigenvalue weighted by atomic mass is 10.2. The lowest BCUT2D eigenvalue weighted by Crippen LogP contribution is -2.12. The molecule has 0 spiro atoms. The number of nitrogens with zero attached hydrogens (tertiary/aromatic N) is 2. The van der Waals surface area contributed by atoms with Gasteiger partial charge >= 0.3 is 5.97 Å². The molecule has 1 aromatic rings. The van der Waals surface area contributed by atoms with E-state index in [9.17, 15) is 4.79 Å². The number of hydrogen-bond acceptors (Lipinski definition) is 6. The number of ether oxygens (including phenoxy) is 1. The molecule has 7 heteroatoms. The van der Waals surface area contributed by atoms with Crippen LogP contribution in [0.2, 0.25) is 0 Å². The number of esters is 1. The molecule has 16 heavy (non-hydrogen) atoms. The zero-order chi connectivity index (χ0) is 12.3. The monoisotopic (exact) mass is 259 g/mol. The molecule has 0 saturated heterocycles. The molecule has 0 bridgehead atoms. The fraction of sp³-hybridized carbons (Fsp3) is 0.444. The largest absolute Gasteiger partial charge is 0.462 e. The SMILES string of the molecule is CCOC(=O)c1c(C)nn(C(=S)SC)c1N. The average molecular weight is 259 g/mol. The lowest BCUT2D eigenvalue weighted by molar-refractivity contribution is 0.0527. The van der Waals surface area contributed by atoms with Crippen LogP contribution in [0.4, 0.5) is 5.82 Å². The van der Waals surface area contributed by atoms with Gasteiger partial charge in [0.05, 0.1) is 12.3 Å². The molecule has 1 aromatic heterocycles. The van der Waals surface area contributed by atoms with Gasteiger partial charge in [-0.1, -0.05) is 24.0 Å². The Morgan fingerprint density at radius 2 is 2.31 bits per heavy atom. The predicted octanol–water partition coefficient (Wildman–Crippen LogP) is 1.45. The Bertz CT molecular complexity index is 429. The van der Waals surface area contributed by atoms with Crippen LogP contribution in [0.25, 0.3) is 0 Å². The Labute approximate surface area is 103 Å². The molecule has 0 aliphatic carbocycles. The first-order valence-electron chi connectivity index (χ1n) is 4.63. The second-order valence-electron chi connectivity index (χ2n) is 2.95. The minimum absolute atomic E-state index is 0.232. The topological polar surface area (TPSA) is 70.1 Å². The van der Waals surface area contributed by atoms with Gasteiger partial charge in [0.2, 0.25) is 0 Å². The van der Waals surface area contributed by atoms with Crippen LogP contribution in [-0.4, -0.2) is 32.9 Å². The maximum atomic E-state index is 11.6. The number of thioether (sulfide) groups is 1. The Kier molecular flexibility index (Phi) is 4.31. The molecule has 0 radical (unpaired) electrons. The van der Waals surface area contributed by atoms with Gasteiger partial charge < -0.3 is 10.5 Å². The summed E-state index contributed by atoms with van der Waals surface area (Å²) in [6.07, 6.45) is 1.82. The molecule has 0 aromatic carbocycles. The standard InChI is InChI=1S/C9H13N3O2S2/c1-4-14-8(13)6-5(2)11-12(7(6)10)9(15)16-3/h4,10H2,1-3H3. The van der Waals surface area contributed by atoms with E-state index in [4.69, 9.17) is 22.7 Å². The third kappa shape index (κ3) is 2.35. The number of rotatable bonds is 2. The number of anilines is 1. The highest BCUT2D eigenvalue weighted by atomic mass is 32.2. The second kappa shape index (κ2) is 5.31. The zero-order valence-electron chi connectivity index (χ0n) is 9.31. The molecule has 0 amide bonds. The van der Waals surface area contributed by atoms with E-state index in [1.807, 2.05) is 6.26 Å². The van der Waals surface area contributed by atoms with E-state index in [0.29, 0.717) is 22.2 Å². The summed E-state index contributed by atoms with van der Waals surface area (Å²) in [6.45, 7) is 3.73. The van der Waals surface area contributed by atoms with Gasteiger partial charge in [0.25, 0.3) is 0 Å². The maximum absolute atomic E-state index is 11.6. The first kappa shape index (κ1) is 13.0. The van der Waals surface area contributed by atoms with Gasteiger partial charge in [0.15, 0.2) is 4.32 Å². The quantitative estimate of drug-likeness (QED) is 0.640. The molecule has 88 valence electrons. The van der Waals surface area contributed by atoms with Gasteiger partial charge in [0, 0.05) is 0 Å². The van der Waals surface area contributed by atoms with E-state index < -0.39 is 5.97 Å². The first-order chi connectivity index (χ1) is 7.52. The molecule has 2 N–H and O–H groups in total. The first-order valence-corrected chi connectivity index (χ1v) is 6.26. The molecule has 0 unspecified atom stereocenters. The number of nitrogens with two attached hydrogens (primary N) is 1. The number of thiocarbonyl (C=S) groups is 1. The molecule has 0 saturated carbocycles. The Morgan fingerprint density at radius 3 is 2.81 bits per heavy atom. The van der Waals surface area contributed by atoms with E-state index in [1.165, 1.54) is 16.4 Å². The van der Waals surface area contributed by atoms with Gasteiger partial charge in [-0.3, -0.25) is 0 Å². The molecular weight excluding hydrogens is 246 g/mol. The summed E-state index contributed by atoms with van der Waals surface area (Å²) in [5.41, 5.74) is 6.62. The summed E-state index contributed by atoms with van der Waals surface area (Å²) >= 11 is 6.40. The Balaban J connectivity index is 3.17. The smallest absolute Gasteiger partial charge is 0.343 e. The Hall–Kier alpha value is -1.08. The third-order valence-electron chi connectivity index (χ3n) is 1.92. The summed E-state index contributed by atoms with van der Waals surface area (Å²) in [7, 11) is 0. The third-order valence-corrected chi connectivity index (χ3v) is 3.12. The van der Waals surface area contributed by atoms with Gasteiger partial charge in [-0.25, -0.2) is 4.79 Å². The molecule has 0 atom stereocenters. The van der Waals surface area contributed by atoms with Crippen LogP contribution in [0.3, 0.4) is 0 Å². The second-order valence-corrected chi connectivity index (χ2v) is 4.39. The van der Waals surface area contributed by atoms with Crippen molar-refractivity contribution in [2.45, 2.75) is 13.8 Å². The number of nitrogen functional groups attached to an aromatic ring is 1. The van der Waals surface area contributed by atoms with E-state index in [0.717, 1.165) is 0 Å². The summed E-state index contributed by atoms with van der Waals surface area (Å²) < 4.78 is 6.77. The minimum Gasteiger partial charge on any atom is -0.462 e. The van der Waals surface area contributed by atoms with Crippen LogP contribution < -0.4 is 5.73 Å². The molecule has 0 aliphatic heterocycles. The highest BCUT2D eigenvalue weighted by Crippen LogP contribution is 2.19. The Morgan fingerprint density at radius 1 is 1.69 bits per heavy atom. The van der Waals surface area contributed by atoms with Crippen molar-refractivity contribution in [1.82, 2.24) is 9.78 Å². The van der Waals surface area contributed by atoms with E-state index >= 15 is 0 Å². The highest BCUT2D eigenvalue weighted by Gasteiger charge is 2.21. The van der Waals surface area contributed by atoms with E-state index in [-0.39, 0.29) is 5.82 Å². The van der Waals surface area contributed by atoms with Crippen LogP contribution in [0, 0.1) is 6.92 Å². The maximum Gasteiger partial charge on any atom is 0.343 e. The molecule has 5 nitrogen and oxygen atoms in total. The van der Waals surface area contributed by atoms with Gasteiger partial charge in [-0.05, 0) is 20.1 Å². The molecule has 1 rings (SSSR count). The molecule has 0 fully saturated rings. The van der Waals surface area contributed by atoms with Crippen molar-refractivity contribution in [3.8, 4) is 0 Å². The average Bonchev–Trinajstić information content (AvgIpc) is 2.53. The van der Waals surface area contributed by atoms with Crippen LogP contribution in [0.15, 0.2) is 0 Å². The number of aromatic nitrogens is 2. The summed E-state index contributed by atoms with van der Waals surface area (Å²) in [5, 5.41) is 4.11. The van der Waals surface area contributed by atoms with E-state index in [2.05, 4.69) is 5.10 Å². The lowest BCUT2D eigenvalue weighted by Gasteiger charge is -2.03. The molecular formula is C9H13N3O2S2. The van der Waals surface area contributed by atoms with Crippen molar-refractivity contribution in [2.24, 2.45) is 0 Å². The van der Waals surface area contributed by atoms with Crippen molar-refractivity contribution >= 4 is 40.1 Å². The zero-order valence-corrected chi connectivity index (χ0v) is 10.9. The van der Waals surface area contributed by atoms with Crippen LogP contribution in [0.5, 0.6) is 0 Å². The highest BCUT2D eigenvalue weighted by molar-refractivity contribution is 8.22.